The Morgan fingerprint density at radius 2 is 2.04 bits per heavy atom. The molecule has 3 amide bonds. The maximum atomic E-state index is 12.9. The van der Waals surface area contributed by atoms with E-state index in [2.05, 4.69) is 32.8 Å². The van der Waals surface area contributed by atoms with Crippen LogP contribution in [0.15, 0.2) is 41.6 Å². The second-order valence-electron chi connectivity index (χ2n) is 6.38. The largest absolute Gasteiger partial charge is 0.343 e. The highest BCUT2D eigenvalue weighted by atomic mass is 35.5. The first-order valence-corrected chi connectivity index (χ1v) is 9.26. The van der Waals surface area contributed by atoms with E-state index >= 15 is 0 Å². The first-order chi connectivity index (χ1) is 13.0. The van der Waals surface area contributed by atoms with Gasteiger partial charge in [-0.15, -0.1) is 0 Å². The Morgan fingerprint density at radius 1 is 1.30 bits per heavy atom. The fraction of sp³-hybridized carbons (Fsp3) is 0.316. The molecule has 1 aromatic heterocycles. The van der Waals surface area contributed by atoms with Crippen LogP contribution in [0.3, 0.4) is 0 Å². The molecule has 1 aliphatic heterocycles. The number of benzene rings is 1. The van der Waals surface area contributed by atoms with Crippen LogP contribution in [0, 0.1) is 0 Å². The quantitative estimate of drug-likeness (QED) is 0.608. The molecule has 0 fully saturated rings. The van der Waals surface area contributed by atoms with Gasteiger partial charge in [0.15, 0.2) is 5.15 Å². The number of nitrogens with one attached hydrogen (secondary N) is 4. The van der Waals surface area contributed by atoms with Crippen LogP contribution in [0.5, 0.6) is 0 Å². The summed E-state index contributed by atoms with van der Waals surface area (Å²) in [5.41, 5.74) is 2.02. The minimum Gasteiger partial charge on any atom is -0.343 e. The topological polar surface area (TPSA) is 98.9 Å². The van der Waals surface area contributed by atoms with E-state index in [1.807, 2.05) is 18.2 Å². The number of carbonyl (C=O) groups is 2. The summed E-state index contributed by atoms with van der Waals surface area (Å²) in [4.78, 5) is 32.4. The summed E-state index contributed by atoms with van der Waals surface area (Å²) in [6, 6.07) is 8.02. The molecule has 1 aliphatic rings. The van der Waals surface area contributed by atoms with Crippen molar-refractivity contribution in [1.82, 2.24) is 20.6 Å². The number of allylic oxidation sites excluding steroid dienone is 1. The zero-order valence-corrected chi connectivity index (χ0v) is 16.0. The van der Waals surface area contributed by atoms with Crippen LogP contribution in [0.4, 0.5) is 10.5 Å². The van der Waals surface area contributed by atoms with Crippen molar-refractivity contribution < 1.29 is 9.59 Å². The monoisotopic (exact) mass is 387 g/mol. The van der Waals surface area contributed by atoms with E-state index in [4.69, 9.17) is 11.6 Å². The van der Waals surface area contributed by atoms with Gasteiger partial charge in [-0.2, -0.15) is 0 Å². The third-order valence-corrected chi connectivity index (χ3v) is 4.62. The highest BCUT2D eigenvalue weighted by Gasteiger charge is 2.34. The van der Waals surface area contributed by atoms with Gasteiger partial charge in [-0.3, -0.25) is 4.79 Å². The van der Waals surface area contributed by atoms with E-state index in [9.17, 15) is 9.59 Å². The minimum atomic E-state index is -0.710. The summed E-state index contributed by atoms with van der Waals surface area (Å²) >= 11 is 6.31. The van der Waals surface area contributed by atoms with Crippen LogP contribution >= 0.6 is 11.6 Å². The number of aromatic nitrogens is 2. The lowest BCUT2D eigenvalue weighted by Gasteiger charge is -2.27. The van der Waals surface area contributed by atoms with Crippen molar-refractivity contribution in [2.45, 2.75) is 39.2 Å². The van der Waals surface area contributed by atoms with E-state index < -0.39 is 12.1 Å². The standard InChI is InChI=1S/C19H22ClN5O2/c1-3-4-10-13-23-16(17(20)24-13)15-14(11(2)21-19(27)25-15)18(26)22-12-8-6-5-7-9-12/h5-9,15H,3-4,10H2,1-2H3,(H,22,26)(H,23,24)(H2,21,25,27). The van der Waals surface area contributed by atoms with Crippen molar-refractivity contribution >= 4 is 29.2 Å². The number of hydrogen-bond donors (Lipinski definition) is 4. The SMILES string of the molecule is CCCCc1nc(Cl)c(C2NC(=O)NC(C)=C2C(=O)Nc2ccccc2)[nH]1. The molecule has 1 atom stereocenters. The summed E-state index contributed by atoms with van der Waals surface area (Å²) < 4.78 is 0. The Balaban J connectivity index is 1.92. The number of aromatic amines is 1. The van der Waals surface area contributed by atoms with Gasteiger partial charge in [-0.25, -0.2) is 9.78 Å². The number of imidazole rings is 1. The molecule has 4 N–H and O–H groups in total. The van der Waals surface area contributed by atoms with Crippen molar-refractivity contribution in [3.05, 3.63) is 58.3 Å². The van der Waals surface area contributed by atoms with E-state index in [1.165, 1.54) is 0 Å². The predicted molar refractivity (Wildman–Crippen MR) is 104 cm³/mol. The molecule has 7 nitrogen and oxygen atoms in total. The number of unbranched alkanes of at least 4 members (excludes halogenated alkanes) is 1. The van der Waals surface area contributed by atoms with Gasteiger partial charge in [0.25, 0.3) is 5.91 Å². The molecule has 0 saturated heterocycles. The van der Waals surface area contributed by atoms with Gasteiger partial charge in [0.2, 0.25) is 0 Å². The van der Waals surface area contributed by atoms with Crippen LogP contribution < -0.4 is 16.0 Å². The molecular weight excluding hydrogens is 366 g/mol. The number of anilines is 1. The first kappa shape index (κ1) is 19.0. The second kappa shape index (κ2) is 8.26. The lowest BCUT2D eigenvalue weighted by Crippen LogP contribution is -2.46. The molecule has 1 aromatic carbocycles. The van der Waals surface area contributed by atoms with Crippen molar-refractivity contribution in [1.29, 1.82) is 0 Å². The first-order valence-electron chi connectivity index (χ1n) is 8.88. The maximum Gasteiger partial charge on any atom is 0.319 e. The Hall–Kier alpha value is -2.80. The van der Waals surface area contributed by atoms with E-state index in [0.29, 0.717) is 22.7 Å². The van der Waals surface area contributed by atoms with Gasteiger partial charge < -0.3 is 20.9 Å². The zero-order valence-electron chi connectivity index (χ0n) is 15.2. The van der Waals surface area contributed by atoms with Gasteiger partial charge >= 0.3 is 6.03 Å². The van der Waals surface area contributed by atoms with Crippen molar-refractivity contribution in [2.75, 3.05) is 5.32 Å². The summed E-state index contributed by atoms with van der Waals surface area (Å²) in [6.07, 6.45) is 2.75. The molecule has 8 heteroatoms. The molecule has 0 spiro atoms. The van der Waals surface area contributed by atoms with Gasteiger partial charge in [0.1, 0.15) is 11.9 Å². The van der Waals surface area contributed by atoms with E-state index in [1.54, 1.807) is 19.1 Å². The number of nitrogens with zero attached hydrogens (tertiary/aromatic N) is 1. The normalized spacial score (nSPS) is 16.7. The van der Waals surface area contributed by atoms with Crippen LogP contribution in [-0.2, 0) is 11.2 Å². The smallest absolute Gasteiger partial charge is 0.319 e. The fourth-order valence-corrected chi connectivity index (χ4v) is 3.26. The Bertz CT molecular complexity index is 875. The highest BCUT2D eigenvalue weighted by molar-refractivity contribution is 6.30. The average Bonchev–Trinajstić information content (AvgIpc) is 3.00. The lowest BCUT2D eigenvalue weighted by molar-refractivity contribution is -0.113. The fourth-order valence-electron chi connectivity index (χ4n) is 3.00. The van der Waals surface area contributed by atoms with Gasteiger partial charge in [0.05, 0.1) is 11.3 Å². The Labute approximate surface area is 162 Å². The Morgan fingerprint density at radius 3 is 2.74 bits per heavy atom. The molecule has 1 unspecified atom stereocenters. The number of amides is 3. The van der Waals surface area contributed by atoms with Crippen molar-refractivity contribution in [3.63, 3.8) is 0 Å². The van der Waals surface area contributed by atoms with Gasteiger partial charge in [-0.1, -0.05) is 43.1 Å². The summed E-state index contributed by atoms with van der Waals surface area (Å²) in [7, 11) is 0. The van der Waals surface area contributed by atoms with Gasteiger partial charge in [-0.05, 0) is 25.5 Å². The van der Waals surface area contributed by atoms with Crippen LogP contribution in [0.25, 0.3) is 0 Å². The third-order valence-electron chi connectivity index (χ3n) is 4.34. The van der Waals surface area contributed by atoms with E-state index in [-0.39, 0.29) is 11.1 Å². The van der Waals surface area contributed by atoms with Crippen LogP contribution in [0.2, 0.25) is 5.15 Å². The maximum absolute atomic E-state index is 12.9. The summed E-state index contributed by atoms with van der Waals surface area (Å²) in [5, 5.41) is 8.52. The molecule has 142 valence electrons. The summed E-state index contributed by atoms with van der Waals surface area (Å²) in [6.45, 7) is 3.78. The number of halogens is 1. The molecule has 0 aliphatic carbocycles. The molecular formula is C19H22ClN5O2. The number of aryl methyl sites for hydroxylation is 1. The van der Waals surface area contributed by atoms with E-state index in [0.717, 1.165) is 25.1 Å². The number of rotatable bonds is 6. The summed E-state index contributed by atoms with van der Waals surface area (Å²) in [5.74, 6) is 0.419. The Kier molecular flexibility index (Phi) is 5.81. The number of para-hydroxylation sites is 1. The van der Waals surface area contributed by atoms with Gasteiger partial charge in [0, 0.05) is 17.8 Å². The molecule has 0 saturated carbocycles. The lowest BCUT2D eigenvalue weighted by atomic mass is 9.99. The number of hydrogen-bond acceptors (Lipinski definition) is 3. The highest BCUT2D eigenvalue weighted by Crippen LogP contribution is 2.31. The molecule has 27 heavy (non-hydrogen) atoms. The average molecular weight is 388 g/mol. The van der Waals surface area contributed by atoms with Crippen molar-refractivity contribution in [3.8, 4) is 0 Å². The molecule has 0 radical (unpaired) electrons. The molecule has 0 bridgehead atoms. The molecule has 3 rings (SSSR count). The van der Waals surface area contributed by atoms with Crippen LogP contribution in [0.1, 0.15) is 44.2 Å². The number of urea groups is 1. The minimum absolute atomic E-state index is 0.256. The second-order valence-corrected chi connectivity index (χ2v) is 6.74. The number of H-pyrrole nitrogens is 1. The predicted octanol–water partition coefficient (Wildman–Crippen LogP) is 3.67. The van der Waals surface area contributed by atoms with Crippen LogP contribution in [-0.4, -0.2) is 21.9 Å². The zero-order chi connectivity index (χ0) is 19.4. The van der Waals surface area contributed by atoms with Crippen molar-refractivity contribution in [2.24, 2.45) is 0 Å². The number of carbonyl (C=O) groups excluding carboxylic acids is 2. The third kappa shape index (κ3) is 4.31. The molecule has 2 heterocycles. The molecule has 2 aromatic rings.